The van der Waals surface area contributed by atoms with E-state index in [4.69, 9.17) is 5.11 Å². The van der Waals surface area contributed by atoms with E-state index in [-0.39, 0.29) is 11.2 Å². The molecule has 0 fully saturated rings. The van der Waals surface area contributed by atoms with E-state index < -0.39 is 5.97 Å². The fourth-order valence-corrected chi connectivity index (χ4v) is 2.47. The van der Waals surface area contributed by atoms with E-state index in [0.717, 1.165) is 0 Å². The van der Waals surface area contributed by atoms with Crippen molar-refractivity contribution < 1.29 is 9.90 Å². The Morgan fingerprint density at radius 2 is 2.26 bits per heavy atom. The molecule has 0 radical (unpaired) electrons. The molecule has 2 aromatic heterocycles. The number of hydrogen-bond acceptors (Lipinski definition) is 5. The highest BCUT2D eigenvalue weighted by Gasteiger charge is 2.21. The number of nitrogens with one attached hydrogen (secondary N) is 1. The Labute approximate surface area is 115 Å². The van der Waals surface area contributed by atoms with Crippen molar-refractivity contribution in [2.45, 2.75) is 19.3 Å². The molecule has 0 bridgehead atoms. The molecule has 0 aliphatic heterocycles. The maximum atomic E-state index is 10.8. The van der Waals surface area contributed by atoms with Gasteiger partial charge in [-0.15, -0.1) is 11.3 Å². The average Bonchev–Trinajstić information content (AvgIpc) is 2.91. The summed E-state index contributed by atoms with van der Waals surface area (Å²) in [5.41, 5.74) is -0.0392. The third-order valence-electron chi connectivity index (χ3n) is 2.75. The second kappa shape index (κ2) is 5.36. The molecule has 0 unspecified atom stereocenters. The van der Waals surface area contributed by atoms with Crippen molar-refractivity contribution >= 4 is 23.1 Å². The maximum Gasteiger partial charge on any atom is 0.374 e. The lowest BCUT2D eigenvalue weighted by Crippen LogP contribution is -2.27. The van der Waals surface area contributed by atoms with Crippen LogP contribution < -0.4 is 5.32 Å². The van der Waals surface area contributed by atoms with Crippen LogP contribution in [0.5, 0.6) is 0 Å². The molecule has 2 aromatic rings. The SMILES string of the molecule is CC(C)(CNc1ccnc(C(=O)O)n1)c1cccs1. The fourth-order valence-electron chi connectivity index (χ4n) is 1.62. The molecule has 0 saturated heterocycles. The molecule has 0 spiro atoms. The van der Waals surface area contributed by atoms with E-state index in [9.17, 15) is 4.79 Å². The number of anilines is 1. The number of carboxylic acid groups (broad SMARTS) is 1. The summed E-state index contributed by atoms with van der Waals surface area (Å²) >= 11 is 1.71. The number of nitrogens with zero attached hydrogens (tertiary/aromatic N) is 2. The molecular weight excluding hydrogens is 262 g/mol. The normalized spacial score (nSPS) is 11.3. The zero-order chi connectivity index (χ0) is 13.9. The van der Waals surface area contributed by atoms with Gasteiger partial charge in [0.25, 0.3) is 0 Å². The van der Waals surface area contributed by atoms with Crippen LogP contribution in [0.15, 0.2) is 29.8 Å². The molecule has 0 atom stereocenters. The van der Waals surface area contributed by atoms with E-state index in [2.05, 4.69) is 35.2 Å². The first-order chi connectivity index (χ1) is 8.99. The Morgan fingerprint density at radius 3 is 2.89 bits per heavy atom. The van der Waals surface area contributed by atoms with Gasteiger partial charge in [-0.3, -0.25) is 0 Å². The minimum absolute atomic E-state index is 0.0392. The van der Waals surface area contributed by atoms with Gasteiger partial charge in [-0.2, -0.15) is 0 Å². The van der Waals surface area contributed by atoms with Crippen LogP contribution in [0.2, 0.25) is 0 Å². The summed E-state index contributed by atoms with van der Waals surface area (Å²) in [6.07, 6.45) is 1.44. The zero-order valence-electron chi connectivity index (χ0n) is 10.8. The fraction of sp³-hybridized carbons (Fsp3) is 0.308. The van der Waals surface area contributed by atoms with Crippen molar-refractivity contribution in [2.75, 3.05) is 11.9 Å². The number of aromatic nitrogens is 2. The van der Waals surface area contributed by atoms with Crippen LogP contribution in [0.4, 0.5) is 5.82 Å². The maximum absolute atomic E-state index is 10.8. The van der Waals surface area contributed by atoms with Gasteiger partial charge < -0.3 is 10.4 Å². The second-order valence-corrected chi connectivity index (χ2v) is 5.73. The monoisotopic (exact) mass is 277 g/mol. The quantitative estimate of drug-likeness (QED) is 0.878. The van der Waals surface area contributed by atoms with Crippen LogP contribution >= 0.6 is 11.3 Å². The number of carbonyl (C=O) groups is 1. The van der Waals surface area contributed by atoms with Crippen molar-refractivity contribution in [1.29, 1.82) is 0 Å². The highest BCUT2D eigenvalue weighted by molar-refractivity contribution is 7.10. The standard InChI is InChI=1S/C13H15N3O2S/c1-13(2,9-4-3-7-19-9)8-15-10-5-6-14-11(16-10)12(17)18/h3-7H,8H2,1-2H3,(H,17,18)(H,14,15,16). The summed E-state index contributed by atoms with van der Waals surface area (Å²) in [5, 5.41) is 14.0. The Kier molecular flexibility index (Phi) is 3.80. The predicted molar refractivity (Wildman–Crippen MR) is 74.8 cm³/mol. The van der Waals surface area contributed by atoms with Crippen LogP contribution in [-0.4, -0.2) is 27.6 Å². The Balaban J connectivity index is 2.06. The Bertz CT molecular complexity index is 567. The van der Waals surface area contributed by atoms with Gasteiger partial charge in [-0.25, -0.2) is 14.8 Å². The van der Waals surface area contributed by atoms with Crippen LogP contribution in [0.25, 0.3) is 0 Å². The number of hydrogen-bond donors (Lipinski definition) is 2. The molecular formula is C13H15N3O2S. The highest BCUT2D eigenvalue weighted by atomic mass is 32.1. The average molecular weight is 277 g/mol. The molecule has 0 aliphatic rings. The Hall–Kier alpha value is -1.95. The molecule has 0 aromatic carbocycles. The third-order valence-corrected chi connectivity index (χ3v) is 3.98. The molecule has 2 heterocycles. The van der Waals surface area contributed by atoms with E-state index >= 15 is 0 Å². The van der Waals surface area contributed by atoms with E-state index in [1.807, 2.05) is 11.4 Å². The topological polar surface area (TPSA) is 75.1 Å². The minimum Gasteiger partial charge on any atom is -0.475 e. The van der Waals surface area contributed by atoms with Gasteiger partial charge in [0.2, 0.25) is 5.82 Å². The van der Waals surface area contributed by atoms with Crippen molar-refractivity contribution in [3.05, 3.63) is 40.5 Å². The molecule has 0 amide bonds. The van der Waals surface area contributed by atoms with Gasteiger partial charge in [-0.1, -0.05) is 19.9 Å². The van der Waals surface area contributed by atoms with Gasteiger partial charge in [0, 0.05) is 23.0 Å². The van der Waals surface area contributed by atoms with Gasteiger partial charge in [-0.05, 0) is 17.5 Å². The van der Waals surface area contributed by atoms with Gasteiger partial charge >= 0.3 is 5.97 Å². The summed E-state index contributed by atoms with van der Waals surface area (Å²) < 4.78 is 0. The van der Waals surface area contributed by atoms with Gasteiger partial charge in [0.05, 0.1) is 0 Å². The summed E-state index contributed by atoms with van der Waals surface area (Å²) in [4.78, 5) is 19.7. The molecule has 2 rings (SSSR count). The van der Waals surface area contributed by atoms with E-state index in [1.165, 1.54) is 11.1 Å². The van der Waals surface area contributed by atoms with Gasteiger partial charge in [0.1, 0.15) is 5.82 Å². The van der Waals surface area contributed by atoms with E-state index in [1.54, 1.807) is 17.4 Å². The number of carboxylic acids is 1. The molecule has 100 valence electrons. The summed E-state index contributed by atoms with van der Waals surface area (Å²) in [7, 11) is 0. The first kappa shape index (κ1) is 13.5. The molecule has 2 N–H and O–H groups in total. The molecule has 0 saturated carbocycles. The van der Waals surface area contributed by atoms with Crippen LogP contribution in [0.1, 0.15) is 29.3 Å². The molecule has 19 heavy (non-hydrogen) atoms. The Morgan fingerprint density at radius 1 is 1.47 bits per heavy atom. The number of aromatic carboxylic acids is 1. The highest BCUT2D eigenvalue weighted by Crippen LogP contribution is 2.27. The minimum atomic E-state index is -1.12. The number of thiophene rings is 1. The predicted octanol–water partition coefficient (Wildman–Crippen LogP) is 2.63. The van der Waals surface area contributed by atoms with Crippen molar-refractivity contribution in [1.82, 2.24) is 9.97 Å². The molecule has 5 nitrogen and oxygen atoms in total. The summed E-state index contributed by atoms with van der Waals surface area (Å²) in [6, 6.07) is 5.78. The van der Waals surface area contributed by atoms with E-state index in [0.29, 0.717) is 12.4 Å². The van der Waals surface area contributed by atoms with Crippen molar-refractivity contribution in [3.8, 4) is 0 Å². The summed E-state index contributed by atoms with van der Waals surface area (Å²) in [5.74, 6) is -0.794. The molecule has 6 heteroatoms. The molecule has 0 aliphatic carbocycles. The van der Waals surface area contributed by atoms with Crippen molar-refractivity contribution in [2.24, 2.45) is 0 Å². The first-order valence-corrected chi connectivity index (χ1v) is 6.71. The lowest BCUT2D eigenvalue weighted by molar-refractivity contribution is 0.0683. The second-order valence-electron chi connectivity index (χ2n) is 4.79. The lowest BCUT2D eigenvalue weighted by atomic mass is 9.91. The largest absolute Gasteiger partial charge is 0.475 e. The van der Waals surface area contributed by atoms with Crippen molar-refractivity contribution in [3.63, 3.8) is 0 Å². The van der Waals surface area contributed by atoms with Crippen LogP contribution in [0, 0.1) is 0 Å². The smallest absolute Gasteiger partial charge is 0.374 e. The summed E-state index contributed by atoms with van der Waals surface area (Å²) in [6.45, 7) is 4.93. The lowest BCUT2D eigenvalue weighted by Gasteiger charge is -2.23. The first-order valence-electron chi connectivity index (χ1n) is 5.83. The van der Waals surface area contributed by atoms with Gasteiger partial charge in [0.15, 0.2) is 0 Å². The van der Waals surface area contributed by atoms with Crippen LogP contribution in [0.3, 0.4) is 0 Å². The van der Waals surface area contributed by atoms with Crippen LogP contribution in [-0.2, 0) is 5.41 Å². The number of rotatable bonds is 5. The zero-order valence-corrected chi connectivity index (χ0v) is 11.6. The third kappa shape index (κ3) is 3.29.